The van der Waals surface area contributed by atoms with Crippen LogP contribution < -0.4 is 5.32 Å². The molecule has 0 atom stereocenters. The van der Waals surface area contributed by atoms with Crippen LogP contribution in [-0.4, -0.2) is 12.5 Å². The maximum absolute atomic E-state index is 11.3. The lowest BCUT2D eigenvalue weighted by Crippen LogP contribution is -2.25. The first-order valence-corrected chi connectivity index (χ1v) is 6.62. The van der Waals surface area contributed by atoms with E-state index in [0.29, 0.717) is 11.8 Å². The highest BCUT2D eigenvalue weighted by Crippen LogP contribution is 2.28. The van der Waals surface area contributed by atoms with Gasteiger partial charge in [-0.15, -0.1) is 0 Å². The minimum Gasteiger partial charge on any atom is -0.356 e. The molecule has 88 valence electrons. The molecule has 15 heavy (non-hydrogen) atoms. The van der Waals surface area contributed by atoms with Crippen molar-refractivity contribution in [2.45, 2.75) is 64.7 Å². The van der Waals surface area contributed by atoms with E-state index in [9.17, 15) is 4.79 Å². The van der Waals surface area contributed by atoms with E-state index in [1.165, 1.54) is 38.5 Å². The van der Waals surface area contributed by atoms with Gasteiger partial charge in [0.25, 0.3) is 0 Å². The number of amides is 1. The van der Waals surface area contributed by atoms with Crippen molar-refractivity contribution in [1.82, 2.24) is 5.32 Å². The van der Waals surface area contributed by atoms with E-state index >= 15 is 0 Å². The number of hydrogen-bond acceptors (Lipinski definition) is 1. The molecule has 1 rings (SSSR count). The van der Waals surface area contributed by atoms with Crippen LogP contribution >= 0.6 is 0 Å². The van der Waals surface area contributed by atoms with Crippen LogP contribution in [0.1, 0.15) is 64.7 Å². The molecular formula is C13H25NO. The molecule has 0 spiro atoms. The van der Waals surface area contributed by atoms with Crippen LogP contribution in [0.5, 0.6) is 0 Å². The van der Waals surface area contributed by atoms with E-state index in [4.69, 9.17) is 0 Å². The molecule has 1 saturated carbocycles. The summed E-state index contributed by atoms with van der Waals surface area (Å²) in [6.45, 7) is 3.14. The van der Waals surface area contributed by atoms with Crippen LogP contribution in [-0.2, 0) is 4.79 Å². The van der Waals surface area contributed by atoms with Crippen LogP contribution in [0.25, 0.3) is 0 Å². The maximum Gasteiger partial charge on any atom is 0.223 e. The Labute approximate surface area is 93.8 Å². The summed E-state index contributed by atoms with van der Waals surface area (Å²) in [6, 6.07) is 0. The Hall–Kier alpha value is -0.530. The summed E-state index contributed by atoms with van der Waals surface area (Å²) >= 11 is 0. The molecule has 0 aliphatic heterocycles. The largest absolute Gasteiger partial charge is 0.356 e. The SMILES string of the molecule is CCCCCCCCCNC(=O)C1CC1. The van der Waals surface area contributed by atoms with Crippen molar-refractivity contribution in [3.05, 3.63) is 0 Å². The molecule has 1 amide bonds. The number of rotatable bonds is 9. The molecule has 0 aromatic carbocycles. The van der Waals surface area contributed by atoms with Gasteiger partial charge in [0.2, 0.25) is 5.91 Å². The second kappa shape index (κ2) is 7.72. The standard InChI is InChI=1S/C13H25NO/c1-2-3-4-5-6-7-8-11-14-13(15)12-9-10-12/h12H,2-11H2,1H3,(H,14,15). The first kappa shape index (κ1) is 12.5. The molecule has 1 aliphatic carbocycles. The normalized spacial score (nSPS) is 15.3. The highest BCUT2D eigenvalue weighted by Gasteiger charge is 2.28. The first-order chi connectivity index (χ1) is 7.34. The molecule has 0 bridgehead atoms. The average molecular weight is 211 g/mol. The smallest absolute Gasteiger partial charge is 0.223 e. The fourth-order valence-corrected chi connectivity index (χ4v) is 1.78. The highest BCUT2D eigenvalue weighted by molar-refractivity contribution is 5.80. The molecule has 0 radical (unpaired) electrons. The molecular weight excluding hydrogens is 186 g/mol. The van der Waals surface area contributed by atoms with Crippen LogP contribution in [0.2, 0.25) is 0 Å². The third-order valence-electron chi connectivity index (χ3n) is 3.03. The van der Waals surface area contributed by atoms with Crippen LogP contribution in [0, 0.1) is 5.92 Å². The highest BCUT2D eigenvalue weighted by atomic mass is 16.2. The van der Waals surface area contributed by atoms with E-state index in [1.807, 2.05) is 0 Å². The second-order valence-electron chi connectivity index (χ2n) is 4.69. The van der Waals surface area contributed by atoms with Gasteiger partial charge in [-0.2, -0.15) is 0 Å². The van der Waals surface area contributed by atoms with Gasteiger partial charge in [0.15, 0.2) is 0 Å². The summed E-state index contributed by atoms with van der Waals surface area (Å²) in [5, 5.41) is 3.01. The number of nitrogens with one attached hydrogen (secondary N) is 1. The number of hydrogen-bond donors (Lipinski definition) is 1. The zero-order valence-corrected chi connectivity index (χ0v) is 10.1. The summed E-state index contributed by atoms with van der Waals surface area (Å²) in [5.41, 5.74) is 0. The van der Waals surface area contributed by atoms with Gasteiger partial charge in [0.1, 0.15) is 0 Å². The van der Waals surface area contributed by atoms with Gasteiger partial charge >= 0.3 is 0 Å². The Balaban J connectivity index is 1.74. The molecule has 0 aromatic heterocycles. The third kappa shape index (κ3) is 6.53. The van der Waals surface area contributed by atoms with Crippen molar-refractivity contribution in [2.75, 3.05) is 6.54 Å². The summed E-state index contributed by atoms with van der Waals surface area (Å²) in [4.78, 5) is 11.3. The summed E-state index contributed by atoms with van der Waals surface area (Å²) < 4.78 is 0. The molecule has 0 aromatic rings. The minimum absolute atomic E-state index is 0.293. The summed E-state index contributed by atoms with van der Waals surface area (Å²) in [6.07, 6.45) is 11.4. The Bertz CT molecular complexity index is 175. The lowest BCUT2D eigenvalue weighted by atomic mass is 10.1. The van der Waals surface area contributed by atoms with E-state index in [-0.39, 0.29) is 0 Å². The van der Waals surface area contributed by atoms with Crippen molar-refractivity contribution in [3.63, 3.8) is 0 Å². The molecule has 1 aliphatic rings. The molecule has 0 heterocycles. The maximum atomic E-state index is 11.3. The molecule has 1 fully saturated rings. The van der Waals surface area contributed by atoms with Gasteiger partial charge in [0.05, 0.1) is 0 Å². The molecule has 1 N–H and O–H groups in total. The first-order valence-electron chi connectivity index (χ1n) is 6.62. The lowest BCUT2D eigenvalue weighted by Gasteiger charge is -2.03. The van der Waals surface area contributed by atoms with Crippen molar-refractivity contribution < 1.29 is 4.79 Å². The molecule has 0 unspecified atom stereocenters. The van der Waals surface area contributed by atoms with Gasteiger partial charge in [-0.1, -0.05) is 45.4 Å². The zero-order valence-electron chi connectivity index (χ0n) is 10.1. The lowest BCUT2D eigenvalue weighted by molar-refractivity contribution is -0.122. The fourth-order valence-electron chi connectivity index (χ4n) is 1.78. The van der Waals surface area contributed by atoms with Gasteiger partial charge in [0, 0.05) is 12.5 Å². The van der Waals surface area contributed by atoms with Crippen LogP contribution in [0.3, 0.4) is 0 Å². The zero-order chi connectivity index (χ0) is 10.9. The predicted octanol–water partition coefficient (Wildman–Crippen LogP) is 3.26. The van der Waals surface area contributed by atoms with Gasteiger partial charge < -0.3 is 5.32 Å². The van der Waals surface area contributed by atoms with E-state index in [1.54, 1.807) is 0 Å². The third-order valence-corrected chi connectivity index (χ3v) is 3.03. The number of carbonyl (C=O) groups excluding carboxylic acids is 1. The quantitative estimate of drug-likeness (QED) is 0.583. The van der Waals surface area contributed by atoms with Crippen LogP contribution in [0.4, 0.5) is 0 Å². The van der Waals surface area contributed by atoms with Crippen LogP contribution in [0.15, 0.2) is 0 Å². The Morgan fingerprint density at radius 2 is 1.67 bits per heavy atom. The fraction of sp³-hybridized carbons (Fsp3) is 0.923. The van der Waals surface area contributed by atoms with E-state index in [2.05, 4.69) is 12.2 Å². The Morgan fingerprint density at radius 1 is 1.07 bits per heavy atom. The second-order valence-corrected chi connectivity index (χ2v) is 4.69. The van der Waals surface area contributed by atoms with Crippen molar-refractivity contribution >= 4 is 5.91 Å². The predicted molar refractivity (Wildman–Crippen MR) is 63.7 cm³/mol. The summed E-state index contributed by atoms with van der Waals surface area (Å²) in [5.74, 6) is 0.663. The van der Waals surface area contributed by atoms with E-state index < -0.39 is 0 Å². The van der Waals surface area contributed by atoms with Crippen molar-refractivity contribution in [3.8, 4) is 0 Å². The Kier molecular flexibility index (Phi) is 6.45. The number of carbonyl (C=O) groups is 1. The monoisotopic (exact) mass is 211 g/mol. The topological polar surface area (TPSA) is 29.1 Å². The van der Waals surface area contributed by atoms with Gasteiger partial charge in [-0.05, 0) is 19.3 Å². The average Bonchev–Trinajstić information content (AvgIpc) is 3.05. The van der Waals surface area contributed by atoms with Crippen molar-refractivity contribution in [2.24, 2.45) is 5.92 Å². The molecule has 2 heteroatoms. The summed E-state index contributed by atoms with van der Waals surface area (Å²) in [7, 11) is 0. The minimum atomic E-state index is 0.293. The molecule has 0 saturated heterocycles. The van der Waals surface area contributed by atoms with Crippen molar-refractivity contribution in [1.29, 1.82) is 0 Å². The number of unbranched alkanes of at least 4 members (excludes halogenated alkanes) is 6. The van der Waals surface area contributed by atoms with Gasteiger partial charge in [-0.25, -0.2) is 0 Å². The molecule has 2 nitrogen and oxygen atoms in total. The Morgan fingerprint density at radius 3 is 2.27 bits per heavy atom. The van der Waals surface area contributed by atoms with Gasteiger partial charge in [-0.3, -0.25) is 4.79 Å². The van der Waals surface area contributed by atoms with E-state index in [0.717, 1.165) is 25.8 Å².